The van der Waals surface area contributed by atoms with E-state index in [4.69, 9.17) is 9.47 Å². The van der Waals surface area contributed by atoms with Crippen molar-refractivity contribution in [3.05, 3.63) is 0 Å². The first-order valence-electron chi connectivity index (χ1n) is 21.0. The summed E-state index contributed by atoms with van der Waals surface area (Å²) in [6.45, 7) is 5.65. The third-order valence-electron chi connectivity index (χ3n) is 9.53. The molecule has 4 heteroatoms. The van der Waals surface area contributed by atoms with Gasteiger partial charge in [0.2, 0.25) is 0 Å². The molecule has 0 N–H and O–H groups in total. The van der Waals surface area contributed by atoms with Crippen LogP contribution in [-0.4, -0.2) is 25.2 Å². The van der Waals surface area contributed by atoms with Crippen LogP contribution >= 0.6 is 0 Å². The summed E-state index contributed by atoms with van der Waals surface area (Å²) in [6, 6.07) is 0. The fourth-order valence-electron chi connectivity index (χ4n) is 6.36. The maximum Gasteiger partial charge on any atom is 0.305 e. The molecule has 0 unspecified atom stereocenters. The van der Waals surface area contributed by atoms with Gasteiger partial charge in [0.1, 0.15) is 0 Å². The molecule has 0 saturated heterocycles. The first-order chi connectivity index (χ1) is 22.7. The maximum atomic E-state index is 12.0. The van der Waals surface area contributed by atoms with Gasteiger partial charge in [0, 0.05) is 12.8 Å². The van der Waals surface area contributed by atoms with Crippen molar-refractivity contribution in [3.63, 3.8) is 0 Å². The molecule has 0 aliphatic rings. The van der Waals surface area contributed by atoms with Crippen LogP contribution in [0, 0.1) is 0 Å². The maximum absolute atomic E-state index is 12.0. The SMILES string of the molecule is CCCCCCCCCCCCCCCCCCOC(=O)CCCCC(=O)OCCCCCCCCCCCCCCCCCC. The Balaban J connectivity index is 3.25. The van der Waals surface area contributed by atoms with Gasteiger partial charge in [-0.05, 0) is 25.7 Å². The molecule has 0 amide bonds. The molecule has 46 heavy (non-hydrogen) atoms. The van der Waals surface area contributed by atoms with Crippen molar-refractivity contribution >= 4 is 11.9 Å². The number of esters is 2. The molecule has 0 radical (unpaired) electrons. The highest BCUT2D eigenvalue weighted by atomic mass is 16.5. The van der Waals surface area contributed by atoms with Crippen LogP contribution in [-0.2, 0) is 19.1 Å². The van der Waals surface area contributed by atoms with Gasteiger partial charge < -0.3 is 9.47 Å². The smallest absolute Gasteiger partial charge is 0.305 e. The van der Waals surface area contributed by atoms with E-state index in [1.165, 1.54) is 180 Å². The second kappa shape index (κ2) is 40.1. The van der Waals surface area contributed by atoms with Crippen LogP contribution in [0.3, 0.4) is 0 Å². The molecule has 0 saturated carbocycles. The topological polar surface area (TPSA) is 52.6 Å². The van der Waals surface area contributed by atoms with Gasteiger partial charge in [-0.3, -0.25) is 9.59 Å². The van der Waals surface area contributed by atoms with Crippen LogP contribution in [0.1, 0.15) is 245 Å². The van der Waals surface area contributed by atoms with Gasteiger partial charge in [0.15, 0.2) is 0 Å². The summed E-state index contributed by atoms with van der Waals surface area (Å²) in [5, 5.41) is 0. The Morgan fingerprint density at radius 1 is 0.283 bits per heavy atom. The van der Waals surface area contributed by atoms with Gasteiger partial charge >= 0.3 is 11.9 Å². The monoisotopic (exact) mass is 651 g/mol. The van der Waals surface area contributed by atoms with E-state index in [1.54, 1.807) is 0 Å². The summed E-state index contributed by atoms with van der Waals surface area (Å²) < 4.78 is 10.8. The Bertz CT molecular complexity index is 552. The van der Waals surface area contributed by atoms with Crippen molar-refractivity contribution in [1.29, 1.82) is 0 Å². The molecule has 0 spiro atoms. The molecule has 0 heterocycles. The second-order valence-corrected chi connectivity index (χ2v) is 14.3. The minimum absolute atomic E-state index is 0.123. The van der Waals surface area contributed by atoms with Crippen LogP contribution in [0.5, 0.6) is 0 Å². The van der Waals surface area contributed by atoms with E-state index in [1.807, 2.05) is 0 Å². The number of ether oxygens (including phenoxy) is 2. The third kappa shape index (κ3) is 39.1. The van der Waals surface area contributed by atoms with Crippen LogP contribution in [0.15, 0.2) is 0 Å². The van der Waals surface area contributed by atoms with E-state index >= 15 is 0 Å². The lowest BCUT2D eigenvalue weighted by molar-refractivity contribution is -0.146. The molecular formula is C42H82O4. The number of hydrogen-bond acceptors (Lipinski definition) is 4. The number of rotatable bonds is 39. The molecule has 4 nitrogen and oxygen atoms in total. The summed E-state index contributed by atoms with van der Waals surface area (Å²) >= 11 is 0. The molecule has 0 fully saturated rings. The largest absolute Gasteiger partial charge is 0.466 e. The van der Waals surface area contributed by atoms with E-state index < -0.39 is 0 Å². The minimum Gasteiger partial charge on any atom is -0.466 e. The Morgan fingerprint density at radius 3 is 0.696 bits per heavy atom. The average Bonchev–Trinajstić information content (AvgIpc) is 3.06. The van der Waals surface area contributed by atoms with Gasteiger partial charge in [-0.25, -0.2) is 0 Å². The predicted molar refractivity (Wildman–Crippen MR) is 199 cm³/mol. The highest BCUT2D eigenvalue weighted by molar-refractivity contribution is 5.70. The fraction of sp³-hybridized carbons (Fsp3) is 0.952. The summed E-state index contributed by atoms with van der Waals surface area (Å²) in [5.41, 5.74) is 0. The molecule has 0 atom stereocenters. The van der Waals surface area contributed by atoms with Crippen molar-refractivity contribution in [1.82, 2.24) is 0 Å². The van der Waals surface area contributed by atoms with E-state index in [2.05, 4.69) is 13.8 Å². The van der Waals surface area contributed by atoms with Crippen LogP contribution in [0.4, 0.5) is 0 Å². The molecule has 0 aromatic carbocycles. The first-order valence-corrected chi connectivity index (χ1v) is 21.0. The van der Waals surface area contributed by atoms with Gasteiger partial charge in [-0.2, -0.15) is 0 Å². The van der Waals surface area contributed by atoms with Crippen molar-refractivity contribution in [2.75, 3.05) is 13.2 Å². The van der Waals surface area contributed by atoms with Gasteiger partial charge in [-0.1, -0.05) is 206 Å². The van der Waals surface area contributed by atoms with E-state index in [0.29, 0.717) is 38.9 Å². The van der Waals surface area contributed by atoms with Crippen LogP contribution in [0.2, 0.25) is 0 Å². The highest BCUT2D eigenvalue weighted by Crippen LogP contribution is 2.15. The number of carbonyl (C=O) groups excluding carboxylic acids is 2. The molecule has 0 aromatic heterocycles. The summed E-state index contributed by atoms with van der Waals surface area (Å²) in [7, 11) is 0. The third-order valence-corrected chi connectivity index (χ3v) is 9.53. The quantitative estimate of drug-likeness (QED) is 0.0490. The lowest BCUT2D eigenvalue weighted by Crippen LogP contribution is -2.08. The molecule has 274 valence electrons. The predicted octanol–water partition coefficient (Wildman–Crippen LogP) is 14.2. The van der Waals surface area contributed by atoms with Crippen molar-refractivity contribution < 1.29 is 19.1 Å². The lowest BCUT2D eigenvalue weighted by Gasteiger charge is -2.06. The summed E-state index contributed by atoms with van der Waals surface area (Å²) in [6.07, 6.45) is 45.3. The number of carbonyl (C=O) groups is 2. The first kappa shape index (κ1) is 44.9. The normalized spacial score (nSPS) is 11.3. The van der Waals surface area contributed by atoms with E-state index in [9.17, 15) is 9.59 Å². The molecule has 0 aliphatic heterocycles. The Morgan fingerprint density at radius 2 is 0.478 bits per heavy atom. The van der Waals surface area contributed by atoms with Crippen LogP contribution < -0.4 is 0 Å². The summed E-state index contributed by atoms with van der Waals surface area (Å²) in [5.74, 6) is -0.245. The van der Waals surface area contributed by atoms with E-state index in [0.717, 1.165) is 25.7 Å². The fourth-order valence-corrected chi connectivity index (χ4v) is 6.36. The number of unbranched alkanes of at least 4 members (excludes halogenated alkanes) is 31. The van der Waals surface area contributed by atoms with E-state index in [-0.39, 0.29) is 11.9 Å². The zero-order chi connectivity index (χ0) is 33.4. The second-order valence-electron chi connectivity index (χ2n) is 14.3. The standard InChI is InChI=1S/C42H82O4/c1-3-5-7-9-11-13-15-17-19-21-23-25-27-29-31-35-39-45-41(43)37-33-34-38-42(44)46-40-36-32-30-28-26-24-22-20-18-16-14-12-10-8-6-4-2/h3-40H2,1-2H3. The van der Waals surface area contributed by atoms with Gasteiger partial charge in [-0.15, -0.1) is 0 Å². The Kier molecular flexibility index (Phi) is 39.2. The van der Waals surface area contributed by atoms with Gasteiger partial charge in [0.05, 0.1) is 13.2 Å². The van der Waals surface area contributed by atoms with Crippen molar-refractivity contribution in [2.24, 2.45) is 0 Å². The van der Waals surface area contributed by atoms with Crippen LogP contribution in [0.25, 0.3) is 0 Å². The molecular weight excluding hydrogens is 568 g/mol. The molecule has 0 aliphatic carbocycles. The Labute approximate surface area is 288 Å². The van der Waals surface area contributed by atoms with Crippen molar-refractivity contribution in [3.8, 4) is 0 Å². The van der Waals surface area contributed by atoms with Gasteiger partial charge in [0.25, 0.3) is 0 Å². The minimum atomic E-state index is -0.123. The summed E-state index contributed by atoms with van der Waals surface area (Å²) in [4.78, 5) is 23.9. The molecule has 0 rings (SSSR count). The Hall–Kier alpha value is -1.06. The zero-order valence-electron chi connectivity index (χ0n) is 31.5. The zero-order valence-corrected chi connectivity index (χ0v) is 31.5. The lowest BCUT2D eigenvalue weighted by atomic mass is 10.0. The number of hydrogen-bond donors (Lipinski definition) is 0. The molecule has 0 aromatic rings. The average molecular weight is 651 g/mol. The van der Waals surface area contributed by atoms with Crippen molar-refractivity contribution in [2.45, 2.75) is 245 Å². The highest BCUT2D eigenvalue weighted by Gasteiger charge is 2.06. The molecule has 0 bridgehead atoms.